The molecule has 7 unspecified atom stereocenters. The minimum atomic E-state index is -0.211. The van der Waals surface area contributed by atoms with E-state index < -0.39 is 0 Å². The van der Waals surface area contributed by atoms with Crippen molar-refractivity contribution in [2.45, 2.75) is 95.4 Å². The molecule has 1 aromatic carbocycles. The summed E-state index contributed by atoms with van der Waals surface area (Å²) in [6, 6.07) is 7.62. The van der Waals surface area contributed by atoms with Crippen molar-refractivity contribution < 1.29 is 14.6 Å². The van der Waals surface area contributed by atoms with Crippen molar-refractivity contribution in [3.8, 4) is 0 Å². The van der Waals surface area contributed by atoms with Crippen molar-refractivity contribution in [2.75, 3.05) is 13.6 Å². The zero-order chi connectivity index (χ0) is 23.6. The highest BCUT2D eigenvalue weighted by molar-refractivity contribution is 5.89. The molecule has 5 heteroatoms. The molecule has 0 amide bonds. The third-order valence-corrected chi connectivity index (χ3v) is 9.62. The van der Waals surface area contributed by atoms with E-state index in [-0.39, 0.29) is 24.1 Å². The average molecular weight is 465 g/mol. The summed E-state index contributed by atoms with van der Waals surface area (Å²) in [6.45, 7) is 5.28. The van der Waals surface area contributed by atoms with Crippen LogP contribution in [0.5, 0.6) is 0 Å². The highest BCUT2D eigenvalue weighted by Gasteiger charge is 2.45. The topological polar surface area (TPSA) is 54.7 Å². The molecule has 7 atom stereocenters. The number of benzene rings is 1. The van der Waals surface area contributed by atoms with Crippen molar-refractivity contribution in [1.29, 1.82) is 0 Å². The van der Waals surface area contributed by atoms with E-state index in [0.29, 0.717) is 29.8 Å². The number of rotatable bonds is 3. The fourth-order valence-corrected chi connectivity index (χ4v) is 7.98. The molecular formula is C29H40N2O3. The Bertz CT molecular complexity index is 1070. The molecule has 0 radical (unpaired) electrons. The van der Waals surface area contributed by atoms with Crippen molar-refractivity contribution in [1.82, 2.24) is 9.47 Å². The van der Waals surface area contributed by atoms with Gasteiger partial charge in [0, 0.05) is 47.6 Å². The van der Waals surface area contributed by atoms with E-state index in [1.165, 1.54) is 22.0 Å². The van der Waals surface area contributed by atoms with Gasteiger partial charge in [0.25, 0.3) is 0 Å². The van der Waals surface area contributed by atoms with Gasteiger partial charge in [0.05, 0.1) is 12.0 Å². The van der Waals surface area contributed by atoms with Crippen LogP contribution in [0.4, 0.5) is 0 Å². The molecule has 184 valence electrons. The molecule has 1 N–H and O–H groups in total. The summed E-state index contributed by atoms with van der Waals surface area (Å²) in [5.41, 5.74) is 4.20. The molecule has 2 saturated carbocycles. The SMILES string of the molecule is CC(C)n1cc2c3c(cccc31)C1CC(C(=O)OC3CCCC4C(O)CCCC34)CN(C)C1C2. The lowest BCUT2D eigenvalue weighted by Gasteiger charge is -2.46. The smallest absolute Gasteiger partial charge is 0.310 e. The maximum absolute atomic E-state index is 13.5. The Balaban J connectivity index is 1.24. The molecule has 0 bridgehead atoms. The number of aliphatic hydroxyl groups is 1. The first-order valence-corrected chi connectivity index (χ1v) is 13.6. The number of esters is 1. The molecular weight excluding hydrogens is 424 g/mol. The number of carbonyl (C=O) groups is 1. The van der Waals surface area contributed by atoms with E-state index in [9.17, 15) is 9.90 Å². The summed E-state index contributed by atoms with van der Waals surface area (Å²) in [5.74, 6) is 0.944. The summed E-state index contributed by atoms with van der Waals surface area (Å²) in [5, 5.41) is 11.9. The molecule has 4 aliphatic rings. The third-order valence-electron chi connectivity index (χ3n) is 9.62. The number of carbonyl (C=O) groups excluding carboxylic acids is 1. The summed E-state index contributed by atoms with van der Waals surface area (Å²) in [7, 11) is 2.19. The first-order chi connectivity index (χ1) is 16.4. The van der Waals surface area contributed by atoms with Gasteiger partial charge in [-0.2, -0.15) is 0 Å². The quantitative estimate of drug-likeness (QED) is 0.646. The van der Waals surface area contributed by atoms with E-state index in [4.69, 9.17) is 4.74 Å². The number of ether oxygens (including phenoxy) is 1. The van der Waals surface area contributed by atoms with E-state index in [2.05, 4.69) is 54.8 Å². The largest absolute Gasteiger partial charge is 0.462 e. The van der Waals surface area contributed by atoms with Gasteiger partial charge in [0.2, 0.25) is 0 Å². The lowest BCUT2D eigenvalue weighted by molar-refractivity contribution is -0.167. The molecule has 3 fully saturated rings. The number of aliphatic hydroxyl groups excluding tert-OH is 1. The van der Waals surface area contributed by atoms with Crippen molar-refractivity contribution in [3.63, 3.8) is 0 Å². The first-order valence-electron chi connectivity index (χ1n) is 13.6. The first kappa shape index (κ1) is 22.6. The van der Waals surface area contributed by atoms with Crippen LogP contribution in [0.1, 0.15) is 81.9 Å². The molecule has 2 heterocycles. The molecule has 6 rings (SSSR count). The zero-order valence-corrected chi connectivity index (χ0v) is 21.0. The number of fused-ring (bicyclic) bond motifs is 3. The molecule has 3 aliphatic carbocycles. The Morgan fingerprint density at radius 2 is 1.91 bits per heavy atom. The van der Waals surface area contributed by atoms with Gasteiger partial charge < -0.3 is 19.3 Å². The summed E-state index contributed by atoms with van der Waals surface area (Å²) >= 11 is 0. The number of nitrogens with zero attached hydrogens (tertiary/aromatic N) is 2. The normalized spacial score (nSPS) is 35.7. The number of hydrogen-bond donors (Lipinski definition) is 1. The van der Waals surface area contributed by atoms with E-state index >= 15 is 0 Å². The fraction of sp³-hybridized carbons (Fsp3) is 0.690. The zero-order valence-electron chi connectivity index (χ0n) is 21.0. The van der Waals surface area contributed by atoms with Gasteiger partial charge >= 0.3 is 5.97 Å². The highest BCUT2D eigenvalue weighted by Crippen LogP contribution is 2.46. The van der Waals surface area contributed by atoms with Crippen LogP contribution in [0.25, 0.3) is 10.9 Å². The molecule has 5 nitrogen and oxygen atoms in total. The van der Waals surface area contributed by atoms with Gasteiger partial charge in [-0.15, -0.1) is 0 Å². The summed E-state index contributed by atoms with van der Waals surface area (Å²) in [6.07, 6.45) is 10.2. The van der Waals surface area contributed by atoms with Gasteiger partial charge in [-0.3, -0.25) is 4.79 Å². The van der Waals surface area contributed by atoms with Crippen LogP contribution in [0.2, 0.25) is 0 Å². The highest BCUT2D eigenvalue weighted by atomic mass is 16.5. The number of hydrogen-bond acceptors (Lipinski definition) is 4. The van der Waals surface area contributed by atoms with Crippen LogP contribution in [0, 0.1) is 17.8 Å². The number of piperidine rings is 1. The van der Waals surface area contributed by atoms with Crippen LogP contribution in [0.15, 0.2) is 24.4 Å². The number of likely N-dealkylation sites (tertiary alicyclic amines) is 1. The Hall–Kier alpha value is -1.85. The van der Waals surface area contributed by atoms with E-state index in [0.717, 1.165) is 57.9 Å². The predicted molar refractivity (Wildman–Crippen MR) is 134 cm³/mol. The van der Waals surface area contributed by atoms with Crippen LogP contribution in [-0.4, -0.2) is 52.4 Å². The van der Waals surface area contributed by atoms with Crippen molar-refractivity contribution in [3.05, 3.63) is 35.5 Å². The lowest BCUT2D eigenvalue weighted by atomic mass is 9.68. The molecule has 2 aromatic rings. The fourth-order valence-electron chi connectivity index (χ4n) is 7.98. The van der Waals surface area contributed by atoms with Crippen molar-refractivity contribution in [2.24, 2.45) is 17.8 Å². The second kappa shape index (κ2) is 8.67. The number of aromatic nitrogens is 1. The molecule has 1 aromatic heterocycles. The minimum Gasteiger partial charge on any atom is -0.462 e. The van der Waals surface area contributed by atoms with Gasteiger partial charge in [-0.05, 0) is 89.0 Å². The third kappa shape index (κ3) is 3.62. The summed E-state index contributed by atoms with van der Waals surface area (Å²) in [4.78, 5) is 15.9. The maximum atomic E-state index is 13.5. The van der Waals surface area contributed by atoms with Gasteiger partial charge in [-0.1, -0.05) is 18.6 Å². The maximum Gasteiger partial charge on any atom is 0.310 e. The van der Waals surface area contributed by atoms with E-state index in [1.807, 2.05) is 0 Å². The molecule has 1 saturated heterocycles. The van der Waals surface area contributed by atoms with E-state index in [1.54, 1.807) is 0 Å². The van der Waals surface area contributed by atoms with Crippen LogP contribution >= 0.6 is 0 Å². The Morgan fingerprint density at radius 3 is 2.74 bits per heavy atom. The predicted octanol–water partition coefficient (Wildman–Crippen LogP) is 5.06. The van der Waals surface area contributed by atoms with Gasteiger partial charge in [0.1, 0.15) is 6.10 Å². The monoisotopic (exact) mass is 464 g/mol. The number of likely N-dealkylation sites (N-methyl/N-ethyl adjacent to an activating group) is 1. The second-order valence-corrected chi connectivity index (χ2v) is 11.9. The average Bonchev–Trinajstić information content (AvgIpc) is 3.20. The molecule has 0 spiro atoms. The second-order valence-electron chi connectivity index (χ2n) is 11.9. The van der Waals surface area contributed by atoms with Gasteiger partial charge in [0.15, 0.2) is 0 Å². The minimum absolute atomic E-state index is 0.00580. The van der Waals surface area contributed by atoms with Crippen LogP contribution < -0.4 is 0 Å². The van der Waals surface area contributed by atoms with Crippen LogP contribution in [-0.2, 0) is 16.0 Å². The standard InChI is InChI=1S/C29H40N2O3/c1-17(2)31-16-18-14-25-23(22-9-4-10-24(31)28(18)22)13-19(15-30(25)3)29(33)34-27-12-6-7-20-21(27)8-5-11-26(20)32/h4,9-10,16-17,19-21,23,25-27,32H,5-8,11-15H2,1-3H3. The Morgan fingerprint density at radius 1 is 1.12 bits per heavy atom. The van der Waals surface area contributed by atoms with Gasteiger partial charge in [-0.25, -0.2) is 0 Å². The van der Waals surface area contributed by atoms with Crippen molar-refractivity contribution >= 4 is 16.9 Å². The molecule has 34 heavy (non-hydrogen) atoms. The Kier molecular flexibility index (Phi) is 5.76. The van der Waals surface area contributed by atoms with Crippen LogP contribution in [0.3, 0.4) is 0 Å². The lowest BCUT2D eigenvalue weighted by Crippen LogP contribution is -2.51. The summed E-state index contributed by atoms with van der Waals surface area (Å²) < 4.78 is 8.69. The molecule has 1 aliphatic heterocycles. The Labute approximate surface area is 203 Å².